The van der Waals surface area contributed by atoms with E-state index >= 15 is 0 Å². The fraction of sp³-hybridized carbons (Fsp3) is 0.415. The molecule has 0 spiro atoms. The van der Waals surface area contributed by atoms with Gasteiger partial charge in [0.15, 0.2) is 0 Å². The Hall–Kier alpha value is -2.26. The molecule has 0 aliphatic rings. The van der Waals surface area contributed by atoms with Crippen LogP contribution in [0.1, 0.15) is 122 Å². The minimum Gasteiger partial charge on any atom is -0.0587 e. The van der Waals surface area contributed by atoms with Gasteiger partial charge in [0.1, 0.15) is 0 Å². The van der Waals surface area contributed by atoms with E-state index in [9.17, 15) is 0 Å². The van der Waals surface area contributed by atoms with Crippen LogP contribution < -0.4 is 21.2 Å². The molecule has 228 valence electrons. The minimum absolute atomic E-state index is 0.488. The van der Waals surface area contributed by atoms with Gasteiger partial charge in [0.25, 0.3) is 0 Å². The molecular weight excluding hydrogens is 554 g/mol. The van der Waals surface area contributed by atoms with Crippen LogP contribution in [0.3, 0.4) is 0 Å². The Bertz CT molecular complexity index is 1180. The summed E-state index contributed by atoms with van der Waals surface area (Å²) in [5.74, 6) is 2.21. The van der Waals surface area contributed by atoms with Crippen molar-refractivity contribution < 1.29 is 0 Å². The van der Waals surface area contributed by atoms with Gasteiger partial charge in [-0.05, 0) is 101 Å². The summed E-state index contributed by atoms with van der Waals surface area (Å²) >= 11 is 0. The van der Waals surface area contributed by atoms with E-state index in [-0.39, 0.29) is 0 Å². The van der Waals surface area contributed by atoms with E-state index in [0.717, 1.165) is 0 Å². The Morgan fingerprint density at radius 1 is 0.326 bits per heavy atom. The number of benzene rings is 4. The number of hydrogen-bond donors (Lipinski definition) is 0. The zero-order valence-electron chi connectivity index (χ0n) is 28.3. The lowest BCUT2D eigenvalue weighted by Gasteiger charge is -2.32. The Balaban J connectivity index is 1.70. The van der Waals surface area contributed by atoms with Crippen molar-refractivity contribution in [1.82, 2.24) is 0 Å². The first-order valence-corrected chi connectivity index (χ1v) is 19.3. The molecule has 2 heteroatoms. The molecule has 0 fully saturated rings. The second-order valence-electron chi connectivity index (χ2n) is 13.7. The van der Waals surface area contributed by atoms with Crippen molar-refractivity contribution in [3.8, 4) is 0 Å². The molecule has 0 bridgehead atoms. The molecule has 0 radical (unpaired) electrons. The van der Waals surface area contributed by atoms with Crippen LogP contribution in [0.15, 0.2) is 97.1 Å². The molecule has 0 amide bonds. The molecular formula is C41H54P2. The van der Waals surface area contributed by atoms with Crippen molar-refractivity contribution in [3.05, 3.63) is 119 Å². The maximum atomic E-state index is 2.52. The average molecular weight is 609 g/mol. The van der Waals surface area contributed by atoms with Crippen molar-refractivity contribution in [1.29, 1.82) is 0 Å². The van der Waals surface area contributed by atoms with Gasteiger partial charge in [0.05, 0.1) is 0 Å². The van der Waals surface area contributed by atoms with Crippen molar-refractivity contribution in [2.45, 2.75) is 111 Å². The molecule has 4 aromatic carbocycles. The lowest BCUT2D eigenvalue weighted by atomic mass is 10.0. The van der Waals surface area contributed by atoms with E-state index in [1.165, 1.54) is 49.9 Å². The quantitative estimate of drug-likeness (QED) is 0.140. The molecule has 0 N–H and O–H groups in total. The second-order valence-corrected chi connectivity index (χ2v) is 19.0. The summed E-state index contributed by atoms with van der Waals surface area (Å²) in [5.41, 5.74) is 6.83. The van der Waals surface area contributed by atoms with Crippen LogP contribution in [0.2, 0.25) is 0 Å². The molecule has 0 heterocycles. The highest BCUT2D eigenvalue weighted by Gasteiger charge is 2.28. The molecule has 0 aliphatic heterocycles. The largest absolute Gasteiger partial charge is 0.0587 e. The van der Waals surface area contributed by atoms with Crippen LogP contribution in [0.25, 0.3) is 0 Å². The fourth-order valence-electron chi connectivity index (χ4n) is 6.10. The predicted molar refractivity (Wildman–Crippen MR) is 198 cm³/mol. The Kier molecular flexibility index (Phi) is 11.8. The molecule has 4 rings (SSSR count). The smallest absolute Gasteiger partial charge is 0.0151 e. The van der Waals surface area contributed by atoms with Gasteiger partial charge in [-0.3, -0.25) is 0 Å². The van der Waals surface area contributed by atoms with E-state index in [0.29, 0.717) is 35.0 Å². The normalized spacial score (nSPS) is 13.6. The standard InChI is InChI=1S/C41H54P2/c1-28(2)34-11-19-38(20-12-34)42(39-21-13-35(14-22-39)29(3)4)32(9)27-33(10)43(40-23-15-36(16-24-40)30(5)6)41-25-17-37(18-26-41)31(7)8/h11-26,28-33H,27H2,1-10H3. The van der Waals surface area contributed by atoms with Crippen molar-refractivity contribution in [3.63, 3.8) is 0 Å². The van der Waals surface area contributed by atoms with Gasteiger partial charge in [-0.1, -0.05) is 166 Å². The predicted octanol–water partition coefficient (Wildman–Crippen LogP) is 10.9. The van der Waals surface area contributed by atoms with Gasteiger partial charge in [0.2, 0.25) is 0 Å². The lowest BCUT2D eigenvalue weighted by molar-refractivity contribution is 0.793. The molecule has 2 atom stereocenters. The van der Waals surface area contributed by atoms with Crippen LogP contribution in [0.5, 0.6) is 0 Å². The topological polar surface area (TPSA) is 0 Å². The third-order valence-electron chi connectivity index (χ3n) is 8.92. The van der Waals surface area contributed by atoms with Crippen molar-refractivity contribution in [2.75, 3.05) is 0 Å². The summed E-state index contributed by atoms with van der Waals surface area (Å²) in [6, 6.07) is 38.4. The van der Waals surface area contributed by atoms with Crippen molar-refractivity contribution in [2.24, 2.45) is 0 Å². The van der Waals surface area contributed by atoms with Gasteiger partial charge in [0, 0.05) is 0 Å². The highest BCUT2D eigenvalue weighted by molar-refractivity contribution is 7.74. The molecule has 0 saturated heterocycles. The second kappa shape index (κ2) is 15.2. The first-order valence-electron chi connectivity index (χ1n) is 16.4. The molecule has 4 aromatic rings. The number of hydrogen-bond acceptors (Lipinski definition) is 0. The molecule has 0 nitrogen and oxygen atoms in total. The maximum absolute atomic E-state index is 2.52. The maximum Gasteiger partial charge on any atom is -0.0151 e. The van der Waals surface area contributed by atoms with E-state index in [1.54, 1.807) is 0 Å². The van der Waals surface area contributed by atoms with Gasteiger partial charge >= 0.3 is 0 Å². The van der Waals surface area contributed by atoms with E-state index in [2.05, 4.69) is 166 Å². The van der Waals surface area contributed by atoms with Gasteiger partial charge in [-0.15, -0.1) is 0 Å². The summed E-state index contributed by atoms with van der Waals surface area (Å²) in [7, 11) is -0.975. The van der Waals surface area contributed by atoms with Gasteiger partial charge in [-0.2, -0.15) is 0 Å². The summed E-state index contributed by atoms with van der Waals surface area (Å²) in [5, 5.41) is 6.01. The monoisotopic (exact) mass is 608 g/mol. The lowest BCUT2D eigenvalue weighted by Crippen LogP contribution is -2.26. The van der Waals surface area contributed by atoms with Crippen LogP contribution >= 0.6 is 15.8 Å². The van der Waals surface area contributed by atoms with E-state index < -0.39 is 15.8 Å². The van der Waals surface area contributed by atoms with Crippen LogP contribution in [0.4, 0.5) is 0 Å². The summed E-state index contributed by atoms with van der Waals surface area (Å²) < 4.78 is 0. The van der Waals surface area contributed by atoms with Gasteiger partial charge in [-0.25, -0.2) is 0 Å². The van der Waals surface area contributed by atoms with E-state index in [1.807, 2.05) is 0 Å². The summed E-state index contributed by atoms with van der Waals surface area (Å²) in [6.07, 6.45) is 1.20. The zero-order chi connectivity index (χ0) is 31.3. The molecule has 0 aromatic heterocycles. The molecule has 0 aliphatic carbocycles. The van der Waals surface area contributed by atoms with Crippen LogP contribution in [-0.4, -0.2) is 11.3 Å². The highest BCUT2D eigenvalue weighted by atomic mass is 31.1. The Morgan fingerprint density at radius 2 is 0.512 bits per heavy atom. The minimum atomic E-state index is -0.488. The Labute approximate surface area is 266 Å². The Morgan fingerprint density at radius 3 is 0.674 bits per heavy atom. The third kappa shape index (κ3) is 8.47. The first-order chi connectivity index (χ1) is 20.5. The van der Waals surface area contributed by atoms with Crippen LogP contribution in [0, 0.1) is 0 Å². The van der Waals surface area contributed by atoms with Crippen molar-refractivity contribution >= 4 is 37.1 Å². The number of rotatable bonds is 12. The van der Waals surface area contributed by atoms with Crippen LogP contribution in [-0.2, 0) is 0 Å². The molecule has 0 saturated carbocycles. The van der Waals surface area contributed by atoms with E-state index in [4.69, 9.17) is 0 Å². The summed E-state index contributed by atoms with van der Waals surface area (Å²) in [6.45, 7) is 23.3. The third-order valence-corrected chi connectivity index (χ3v) is 14.5. The van der Waals surface area contributed by atoms with Gasteiger partial charge < -0.3 is 0 Å². The fourth-order valence-corrected chi connectivity index (χ4v) is 11.8. The average Bonchev–Trinajstić information content (AvgIpc) is 2.98. The molecule has 43 heavy (non-hydrogen) atoms. The SMILES string of the molecule is CC(C)c1ccc(P(c2ccc(C(C)C)cc2)C(C)CC(C)P(c2ccc(C(C)C)cc2)c2ccc(C(C)C)cc2)cc1. The zero-order valence-corrected chi connectivity index (χ0v) is 30.1. The highest BCUT2D eigenvalue weighted by Crippen LogP contribution is 2.48. The molecule has 2 unspecified atom stereocenters. The summed E-state index contributed by atoms with van der Waals surface area (Å²) in [4.78, 5) is 0. The first kappa shape index (κ1) is 33.6.